The highest BCUT2D eigenvalue weighted by molar-refractivity contribution is 9.10. The molecule has 0 unspecified atom stereocenters. The van der Waals surface area contributed by atoms with Crippen LogP contribution < -0.4 is 4.90 Å². The maximum absolute atomic E-state index is 12.2. The summed E-state index contributed by atoms with van der Waals surface area (Å²) in [5.74, 6) is -4.12. The number of aliphatic hydroxyl groups is 2. The second-order valence-electron chi connectivity index (χ2n) is 4.56. The van der Waals surface area contributed by atoms with Gasteiger partial charge in [-0.3, -0.25) is 14.5 Å². The normalized spacial score (nSPS) is 21.3. The van der Waals surface area contributed by atoms with E-state index in [0.29, 0.717) is 9.37 Å². The number of carbonyl (C=O) groups excluding carboxylic acids is 3. The van der Waals surface area contributed by atoms with Gasteiger partial charge in [-0.25, -0.2) is 4.79 Å². The van der Waals surface area contributed by atoms with Gasteiger partial charge in [0.2, 0.25) is 0 Å². The Morgan fingerprint density at radius 2 is 1.82 bits per heavy atom. The van der Waals surface area contributed by atoms with Crippen LogP contribution in [0, 0.1) is 0 Å². The van der Waals surface area contributed by atoms with Gasteiger partial charge in [0.1, 0.15) is 5.57 Å². The number of anilines is 1. The largest absolute Gasteiger partial charge is 0.503 e. The predicted octanol–water partition coefficient (Wildman–Crippen LogP) is 1.06. The van der Waals surface area contributed by atoms with Gasteiger partial charge in [-0.2, -0.15) is 0 Å². The van der Waals surface area contributed by atoms with Crippen molar-refractivity contribution >= 4 is 39.3 Å². The highest BCUT2D eigenvalue weighted by atomic mass is 79.9. The number of amides is 1. The van der Waals surface area contributed by atoms with E-state index in [2.05, 4.69) is 20.7 Å². The first-order valence-electron chi connectivity index (χ1n) is 6.10. The third-order valence-electron chi connectivity index (χ3n) is 3.22. The molecule has 22 heavy (non-hydrogen) atoms. The van der Waals surface area contributed by atoms with Crippen LogP contribution in [0.15, 0.2) is 40.1 Å². The average molecular weight is 370 g/mol. The molecule has 7 nitrogen and oxygen atoms in total. The van der Waals surface area contributed by atoms with E-state index in [1.807, 2.05) is 0 Å². The van der Waals surface area contributed by atoms with E-state index >= 15 is 0 Å². The van der Waals surface area contributed by atoms with Crippen molar-refractivity contribution in [2.45, 2.75) is 12.6 Å². The Morgan fingerprint density at radius 1 is 1.27 bits per heavy atom. The van der Waals surface area contributed by atoms with E-state index in [1.165, 1.54) is 12.1 Å². The molecule has 8 heteroatoms. The molecule has 0 radical (unpaired) electrons. The summed E-state index contributed by atoms with van der Waals surface area (Å²) in [6.07, 6.45) is 0. The number of ketones is 1. The molecule has 2 rings (SSSR count). The number of aliphatic hydroxyl groups excluding tert-OH is 1. The molecular formula is C14H12BrNO6. The molecule has 2 N–H and O–H groups in total. The summed E-state index contributed by atoms with van der Waals surface area (Å²) in [6.45, 7) is 1.03. The maximum atomic E-state index is 12.2. The Bertz CT molecular complexity index is 696. The summed E-state index contributed by atoms with van der Waals surface area (Å²) in [7, 11) is 0.998. The smallest absolute Gasteiger partial charge is 0.365 e. The molecule has 0 aliphatic carbocycles. The summed E-state index contributed by atoms with van der Waals surface area (Å²) in [5.41, 5.74) is -3.31. The van der Waals surface area contributed by atoms with Gasteiger partial charge < -0.3 is 14.9 Å². The molecule has 0 aromatic heterocycles. The zero-order valence-corrected chi connectivity index (χ0v) is 13.2. The van der Waals surface area contributed by atoms with Crippen molar-refractivity contribution in [3.63, 3.8) is 0 Å². The molecule has 0 saturated heterocycles. The van der Waals surface area contributed by atoms with E-state index in [1.54, 1.807) is 12.1 Å². The molecule has 116 valence electrons. The van der Waals surface area contributed by atoms with Crippen molar-refractivity contribution in [2.75, 3.05) is 12.0 Å². The predicted molar refractivity (Wildman–Crippen MR) is 78.9 cm³/mol. The fourth-order valence-electron chi connectivity index (χ4n) is 2.28. The van der Waals surface area contributed by atoms with E-state index in [4.69, 9.17) is 0 Å². The fourth-order valence-corrected chi connectivity index (χ4v) is 2.54. The number of halogens is 1. The van der Waals surface area contributed by atoms with Crippen LogP contribution in [0.1, 0.15) is 6.92 Å². The molecule has 0 fully saturated rings. The van der Waals surface area contributed by atoms with Gasteiger partial charge in [0.05, 0.1) is 7.11 Å². The van der Waals surface area contributed by atoms with Gasteiger partial charge in [0.15, 0.2) is 11.5 Å². The lowest BCUT2D eigenvalue weighted by atomic mass is 10.00. The Balaban J connectivity index is 2.68. The first-order valence-corrected chi connectivity index (χ1v) is 6.90. The Hall–Kier alpha value is -2.19. The molecule has 0 saturated carbocycles. The van der Waals surface area contributed by atoms with Crippen molar-refractivity contribution < 1.29 is 29.3 Å². The summed E-state index contributed by atoms with van der Waals surface area (Å²) in [4.78, 5) is 36.6. The minimum atomic E-state index is -2.71. The minimum absolute atomic E-state index is 0.115. The number of esters is 1. The lowest BCUT2D eigenvalue weighted by Gasteiger charge is -2.32. The Kier molecular flexibility index (Phi) is 4.08. The summed E-state index contributed by atoms with van der Waals surface area (Å²) in [6, 6.07) is 6.02. The monoisotopic (exact) mass is 369 g/mol. The fraction of sp³-hybridized carbons (Fsp3) is 0.214. The van der Waals surface area contributed by atoms with E-state index < -0.39 is 34.7 Å². The number of carbonyl (C=O) groups is 3. The second-order valence-corrected chi connectivity index (χ2v) is 5.48. The molecule has 1 aromatic carbocycles. The molecule has 1 atom stereocenters. The Morgan fingerprint density at radius 3 is 2.27 bits per heavy atom. The first-order chi connectivity index (χ1) is 10.2. The molecule has 1 heterocycles. The Labute approximate surface area is 133 Å². The van der Waals surface area contributed by atoms with Gasteiger partial charge in [-0.1, -0.05) is 15.9 Å². The molecule has 1 amide bonds. The van der Waals surface area contributed by atoms with Crippen LogP contribution in [-0.4, -0.2) is 40.7 Å². The zero-order valence-electron chi connectivity index (χ0n) is 11.7. The van der Waals surface area contributed by atoms with E-state index in [-0.39, 0.29) is 5.69 Å². The van der Waals surface area contributed by atoms with Crippen LogP contribution >= 0.6 is 15.9 Å². The highest BCUT2D eigenvalue weighted by Crippen LogP contribution is 2.38. The van der Waals surface area contributed by atoms with Gasteiger partial charge >= 0.3 is 5.97 Å². The third-order valence-corrected chi connectivity index (χ3v) is 3.75. The third kappa shape index (κ3) is 2.20. The van der Waals surface area contributed by atoms with Crippen LogP contribution in [0.2, 0.25) is 0 Å². The maximum Gasteiger partial charge on any atom is 0.365 e. The van der Waals surface area contributed by atoms with E-state index in [0.717, 1.165) is 14.0 Å². The number of ether oxygens (including phenoxy) is 1. The first kappa shape index (κ1) is 16.2. The number of hydrogen-bond donors (Lipinski definition) is 2. The number of hydrogen-bond acceptors (Lipinski definition) is 6. The molecule has 0 spiro atoms. The van der Waals surface area contributed by atoms with Gasteiger partial charge in [0, 0.05) is 10.2 Å². The topological polar surface area (TPSA) is 104 Å². The van der Waals surface area contributed by atoms with Crippen LogP contribution in [-0.2, 0) is 19.1 Å². The number of nitrogens with zero attached hydrogens (tertiary/aromatic N) is 1. The molecule has 1 aromatic rings. The highest BCUT2D eigenvalue weighted by Gasteiger charge is 2.59. The lowest BCUT2D eigenvalue weighted by Crippen LogP contribution is -2.56. The van der Waals surface area contributed by atoms with Gasteiger partial charge in [0.25, 0.3) is 11.6 Å². The van der Waals surface area contributed by atoms with Crippen molar-refractivity contribution in [1.29, 1.82) is 0 Å². The molecule has 1 aliphatic rings. The van der Waals surface area contributed by atoms with Crippen LogP contribution in [0.3, 0.4) is 0 Å². The standard InChI is InChI=1S/C14H12BrNO6/c1-7(17)10-11(18)12(19)16(14(10,21)13(20)22-2)9-5-3-8(15)4-6-9/h3-6,18,21H,1-2H3/t14-/m1/s1. The zero-order chi connectivity index (χ0) is 16.7. The van der Waals surface area contributed by atoms with Crippen molar-refractivity contribution in [3.8, 4) is 0 Å². The number of rotatable bonds is 3. The summed E-state index contributed by atoms with van der Waals surface area (Å²) >= 11 is 3.22. The van der Waals surface area contributed by atoms with Crippen molar-refractivity contribution in [3.05, 3.63) is 40.1 Å². The van der Waals surface area contributed by atoms with Gasteiger partial charge in [-0.05, 0) is 31.2 Å². The van der Waals surface area contributed by atoms with Gasteiger partial charge in [-0.15, -0.1) is 0 Å². The van der Waals surface area contributed by atoms with Crippen LogP contribution in [0.5, 0.6) is 0 Å². The van der Waals surface area contributed by atoms with Crippen molar-refractivity contribution in [2.24, 2.45) is 0 Å². The number of methoxy groups -OCH3 is 1. The number of benzene rings is 1. The molecule has 1 aliphatic heterocycles. The van der Waals surface area contributed by atoms with Crippen LogP contribution in [0.4, 0.5) is 5.69 Å². The van der Waals surface area contributed by atoms with Crippen LogP contribution in [0.25, 0.3) is 0 Å². The van der Waals surface area contributed by atoms with E-state index in [9.17, 15) is 24.6 Å². The van der Waals surface area contributed by atoms with Crippen molar-refractivity contribution in [1.82, 2.24) is 0 Å². The lowest BCUT2D eigenvalue weighted by molar-refractivity contribution is -0.159. The summed E-state index contributed by atoms with van der Waals surface area (Å²) < 4.78 is 5.20. The second kappa shape index (κ2) is 5.54. The minimum Gasteiger partial charge on any atom is -0.503 e. The molecule has 0 bridgehead atoms. The number of Topliss-reactive ketones (excluding diaryl/α,β-unsaturated/α-hetero) is 1. The molecular weight excluding hydrogens is 358 g/mol. The SMILES string of the molecule is COC(=O)[C@]1(O)C(C(C)=O)=C(O)C(=O)N1c1ccc(Br)cc1. The average Bonchev–Trinajstić information content (AvgIpc) is 2.67. The summed E-state index contributed by atoms with van der Waals surface area (Å²) in [5, 5.41) is 20.6. The quantitative estimate of drug-likeness (QED) is 0.772.